The maximum Gasteiger partial charge on any atom is 0.267 e. The van der Waals surface area contributed by atoms with E-state index in [0.29, 0.717) is 41.3 Å². The number of carbonyl (C=O) groups excluding carboxylic acids is 1. The second-order valence-electron chi connectivity index (χ2n) is 12.8. The van der Waals surface area contributed by atoms with Gasteiger partial charge < -0.3 is 23.8 Å². The van der Waals surface area contributed by atoms with E-state index in [2.05, 4.69) is 21.8 Å². The Kier molecular flexibility index (Phi) is 11.6. The lowest BCUT2D eigenvalue weighted by Gasteiger charge is -2.43. The van der Waals surface area contributed by atoms with E-state index in [1.165, 1.54) is 0 Å². The number of aryl methyl sites for hydroxylation is 1. The number of anilines is 1. The van der Waals surface area contributed by atoms with Crippen molar-refractivity contribution < 1.29 is 32.2 Å². The van der Waals surface area contributed by atoms with Crippen LogP contribution in [0.3, 0.4) is 0 Å². The number of carbonyl (C=O) groups is 1. The molecule has 3 aliphatic rings. The number of halogens is 1. The van der Waals surface area contributed by atoms with Crippen LogP contribution in [0.5, 0.6) is 11.5 Å². The van der Waals surface area contributed by atoms with Gasteiger partial charge in [0.2, 0.25) is 5.91 Å². The maximum absolute atomic E-state index is 14.0. The molecule has 2 aliphatic heterocycles. The van der Waals surface area contributed by atoms with Gasteiger partial charge in [-0.2, -0.15) is 0 Å². The zero-order chi connectivity index (χ0) is 32.8. The highest BCUT2D eigenvalue weighted by molar-refractivity contribution is 7.90. The average molecular weight is 675 g/mol. The van der Waals surface area contributed by atoms with Crippen molar-refractivity contribution in [1.82, 2.24) is 4.72 Å². The van der Waals surface area contributed by atoms with Crippen LogP contribution in [0, 0.1) is 23.7 Å². The molecule has 1 fully saturated rings. The number of ether oxygens (including phenoxy) is 4. The van der Waals surface area contributed by atoms with Crippen LogP contribution in [0.15, 0.2) is 47.4 Å². The summed E-state index contributed by atoms with van der Waals surface area (Å²) in [7, 11) is -0.999. The number of benzene rings is 2. The second kappa shape index (κ2) is 15.4. The number of methoxy groups -OCH3 is 2. The number of rotatable bonds is 5. The van der Waals surface area contributed by atoms with E-state index in [9.17, 15) is 13.2 Å². The van der Waals surface area contributed by atoms with Crippen molar-refractivity contribution in [2.75, 3.05) is 45.4 Å². The maximum atomic E-state index is 14.0. The molecule has 0 aromatic heterocycles. The monoisotopic (exact) mass is 674 g/mol. The molecule has 252 valence electrons. The van der Waals surface area contributed by atoms with Crippen LogP contribution in [-0.4, -0.2) is 61.0 Å². The summed E-state index contributed by atoms with van der Waals surface area (Å²) >= 11 is 6.36. The zero-order valence-corrected chi connectivity index (χ0v) is 28.9. The third kappa shape index (κ3) is 8.01. The minimum atomic E-state index is -4.31. The largest absolute Gasteiger partial charge is 0.490 e. The molecule has 1 aliphatic carbocycles. The van der Waals surface area contributed by atoms with Crippen molar-refractivity contribution in [3.63, 3.8) is 0 Å². The highest BCUT2D eigenvalue weighted by Crippen LogP contribution is 2.44. The Morgan fingerprint density at radius 3 is 2.63 bits per heavy atom. The number of nitrogens with one attached hydrogen (secondary N) is 1. The fourth-order valence-corrected chi connectivity index (χ4v) is 8.01. The van der Waals surface area contributed by atoms with Crippen LogP contribution in [-0.2, 0) is 37.3 Å². The van der Waals surface area contributed by atoms with Gasteiger partial charge in [0, 0.05) is 44.3 Å². The number of hydrogen-bond acceptors (Lipinski definition) is 8. The van der Waals surface area contributed by atoms with Gasteiger partial charge in [-0.05, 0) is 85.6 Å². The van der Waals surface area contributed by atoms with Crippen molar-refractivity contribution in [3.05, 3.63) is 58.6 Å². The molecule has 5 rings (SSSR count). The first-order valence-corrected chi connectivity index (χ1v) is 18.2. The third-order valence-electron chi connectivity index (χ3n) is 9.84. The molecule has 0 unspecified atom stereocenters. The lowest BCUT2D eigenvalue weighted by molar-refractivity contribution is -0.124. The van der Waals surface area contributed by atoms with Gasteiger partial charge in [-0.3, -0.25) is 4.79 Å². The molecule has 0 spiro atoms. The van der Waals surface area contributed by atoms with Crippen LogP contribution in [0.1, 0.15) is 57.1 Å². The molecular formula is C35H47ClN2O7S. The molecule has 5 atom stereocenters. The summed E-state index contributed by atoms with van der Waals surface area (Å²) < 4.78 is 54.0. The second-order valence-corrected chi connectivity index (χ2v) is 14.9. The Morgan fingerprint density at radius 1 is 1.07 bits per heavy atom. The zero-order valence-electron chi connectivity index (χ0n) is 27.3. The average Bonchev–Trinajstić information content (AvgIpc) is 3.04. The topological polar surface area (TPSA) is 103 Å². The summed E-state index contributed by atoms with van der Waals surface area (Å²) in [5, 5.41) is 0.687. The SMILES string of the molecule is COCCOc1cc2c3cc1S(=O)(=O)NC(=O)[C@H](C)[C@@H](C)C/C=C/[C@H](OC)[C@@H]1CC[C@H]1CN3CCCCc1cc(Cl)ccc1CO2. The molecule has 46 heavy (non-hydrogen) atoms. The molecule has 2 aromatic carbocycles. The molecule has 1 amide bonds. The van der Waals surface area contributed by atoms with E-state index >= 15 is 0 Å². The number of nitrogens with zero attached hydrogens (tertiary/aromatic N) is 1. The predicted octanol–water partition coefficient (Wildman–Crippen LogP) is 6.17. The van der Waals surface area contributed by atoms with Gasteiger partial charge in [-0.25, -0.2) is 13.1 Å². The summed E-state index contributed by atoms with van der Waals surface area (Å²) in [5.74, 6) is 0.120. The Labute approximate surface area is 278 Å². The van der Waals surface area contributed by atoms with E-state index in [4.69, 9.17) is 30.5 Å². The van der Waals surface area contributed by atoms with Crippen molar-refractivity contribution in [2.24, 2.45) is 23.7 Å². The van der Waals surface area contributed by atoms with Crippen molar-refractivity contribution >= 4 is 33.2 Å². The first-order valence-electron chi connectivity index (χ1n) is 16.3. The van der Waals surface area contributed by atoms with Crippen LogP contribution < -0.4 is 19.1 Å². The summed E-state index contributed by atoms with van der Waals surface area (Å²) in [6.45, 7) is 5.80. The van der Waals surface area contributed by atoms with E-state index in [1.54, 1.807) is 33.3 Å². The first-order chi connectivity index (χ1) is 22.1. The van der Waals surface area contributed by atoms with Crippen molar-refractivity contribution in [1.29, 1.82) is 0 Å². The third-order valence-corrected chi connectivity index (χ3v) is 11.4. The Balaban J connectivity index is 1.63. The lowest BCUT2D eigenvalue weighted by atomic mass is 9.70. The normalized spacial score (nSPS) is 27.5. The number of fused-ring (bicyclic) bond motifs is 3. The molecule has 0 saturated heterocycles. The predicted molar refractivity (Wildman–Crippen MR) is 179 cm³/mol. The minimum absolute atomic E-state index is 0.0330. The molecule has 9 nitrogen and oxygen atoms in total. The molecule has 0 radical (unpaired) electrons. The van der Waals surface area contributed by atoms with Crippen LogP contribution >= 0.6 is 11.6 Å². The molecule has 1 saturated carbocycles. The van der Waals surface area contributed by atoms with Crippen LogP contribution in [0.25, 0.3) is 0 Å². The fourth-order valence-electron chi connectivity index (χ4n) is 6.61. The quantitative estimate of drug-likeness (QED) is 0.297. The van der Waals surface area contributed by atoms with Gasteiger partial charge in [0.1, 0.15) is 29.6 Å². The Bertz CT molecular complexity index is 1510. The van der Waals surface area contributed by atoms with E-state index in [1.807, 2.05) is 25.1 Å². The molecule has 2 aromatic rings. The van der Waals surface area contributed by atoms with Crippen molar-refractivity contribution in [3.8, 4) is 11.5 Å². The number of amides is 1. The van der Waals surface area contributed by atoms with Crippen LogP contribution in [0.4, 0.5) is 5.69 Å². The van der Waals surface area contributed by atoms with E-state index in [0.717, 1.165) is 49.8 Å². The smallest absolute Gasteiger partial charge is 0.267 e. The minimum Gasteiger partial charge on any atom is -0.490 e. The summed E-state index contributed by atoms with van der Waals surface area (Å²) in [4.78, 5) is 15.5. The first kappa shape index (κ1) is 34.5. The summed E-state index contributed by atoms with van der Waals surface area (Å²) in [6.07, 6.45) is 9.59. The fraction of sp³-hybridized carbons (Fsp3) is 0.571. The number of allylic oxidation sites excluding steroid dienone is 1. The molecule has 1 N–H and O–H groups in total. The molecular weight excluding hydrogens is 628 g/mol. The lowest BCUT2D eigenvalue weighted by Crippen LogP contribution is -2.44. The van der Waals surface area contributed by atoms with E-state index in [-0.39, 0.29) is 42.5 Å². The van der Waals surface area contributed by atoms with Gasteiger partial charge in [-0.1, -0.05) is 43.7 Å². The van der Waals surface area contributed by atoms with Gasteiger partial charge in [-0.15, -0.1) is 0 Å². The molecule has 2 heterocycles. The van der Waals surface area contributed by atoms with Gasteiger partial charge in [0.15, 0.2) is 0 Å². The van der Waals surface area contributed by atoms with Crippen molar-refractivity contribution in [2.45, 2.75) is 70.0 Å². The van der Waals surface area contributed by atoms with Crippen LogP contribution in [0.2, 0.25) is 5.02 Å². The number of sulfonamides is 1. The van der Waals surface area contributed by atoms with Gasteiger partial charge in [0.05, 0.1) is 18.4 Å². The molecule has 11 heteroatoms. The Hall–Kier alpha value is -2.79. The highest BCUT2D eigenvalue weighted by Gasteiger charge is 2.38. The van der Waals surface area contributed by atoms with E-state index < -0.39 is 21.8 Å². The standard InChI is InChI=1S/C35H47ClN2O7S/c1-23-8-7-10-31(43-4)29-14-12-26(29)21-38-15-6-5-9-25-18-28(36)13-11-27(25)22-45-32-20-33(44-17-16-42-3)34(19-30(32)38)46(40,41)37-35(39)24(23)2/h7,10-11,13,18-20,23-24,26,29,31H,5-6,8-9,12,14-17,21-22H2,1-4H3,(H,37,39)/b10-7+/t23-,24+,26-,29+,31-/m0/s1. The highest BCUT2D eigenvalue weighted by atomic mass is 35.5. The molecule has 2 bridgehead atoms. The van der Waals surface area contributed by atoms with Gasteiger partial charge >= 0.3 is 0 Å². The summed E-state index contributed by atoms with van der Waals surface area (Å²) in [6, 6.07) is 9.12. The number of hydrogen-bond donors (Lipinski definition) is 1. The summed E-state index contributed by atoms with van der Waals surface area (Å²) in [5.41, 5.74) is 2.83. The van der Waals surface area contributed by atoms with Gasteiger partial charge in [0.25, 0.3) is 10.0 Å². The Morgan fingerprint density at radius 2 is 1.89 bits per heavy atom.